The van der Waals surface area contributed by atoms with Gasteiger partial charge in [0.15, 0.2) is 6.29 Å². The van der Waals surface area contributed by atoms with Gasteiger partial charge in [0.1, 0.15) is 19.3 Å². The molecule has 0 aromatic rings. The Hall–Kier alpha value is -2.26. The summed E-state index contributed by atoms with van der Waals surface area (Å²) in [5, 5.41) is 21.1. The summed E-state index contributed by atoms with van der Waals surface area (Å²) in [6.07, 6.45) is 35.4. The number of carboxylic acid groups (broad SMARTS) is 1. The van der Waals surface area contributed by atoms with E-state index in [1.165, 1.54) is 64.2 Å². The maximum absolute atomic E-state index is 11.9. The molecule has 0 aliphatic rings. The minimum Gasteiger partial charge on any atom is -0.545 e. The molecule has 0 aromatic carbocycles. The summed E-state index contributed by atoms with van der Waals surface area (Å²) in [6, 6.07) is 0. The number of nitrogens with zero attached hydrogens (tertiary/aromatic N) is 1. The molecule has 2 unspecified atom stereocenters. The predicted molar refractivity (Wildman–Crippen MR) is 186 cm³/mol. The Balaban J connectivity index is 3.53. The number of aliphatic carboxylic acids is 1. The number of carboxylic acids is 1. The number of allylic oxidation sites excluding steroid dienone is 8. The molecule has 0 saturated carbocycles. The lowest BCUT2D eigenvalue weighted by Crippen LogP contribution is -2.44. The topological polar surface area (TPSA) is 105 Å². The Morgan fingerprint density at radius 3 is 1.65 bits per heavy atom. The molecule has 1 N–H and O–H groups in total. The molecule has 0 aliphatic carbocycles. The highest BCUT2D eigenvalue weighted by molar-refractivity contribution is 5.69. The number of esters is 1. The molecule has 0 bridgehead atoms. The number of quaternary nitrogens is 1. The maximum atomic E-state index is 11.9. The molecule has 0 heterocycles. The van der Waals surface area contributed by atoms with E-state index in [0.29, 0.717) is 17.4 Å². The molecule has 8 heteroatoms. The molecular formula is C38H67NO7. The van der Waals surface area contributed by atoms with Gasteiger partial charge in [-0.25, -0.2) is 0 Å². The first-order chi connectivity index (χ1) is 22.2. The number of likely N-dealkylation sites (N-methyl/N-ethyl adjacent to an activating group) is 1. The summed E-state index contributed by atoms with van der Waals surface area (Å²) in [7, 11) is 5.86. The minimum atomic E-state index is -1.57. The van der Waals surface area contributed by atoms with Gasteiger partial charge in [-0.05, 0) is 44.9 Å². The van der Waals surface area contributed by atoms with Gasteiger partial charge in [-0.3, -0.25) is 4.79 Å². The molecule has 8 nitrogen and oxygen atoms in total. The van der Waals surface area contributed by atoms with Crippen LogP contribution in [0.4, 0.5) is 0 Å². The molecule has 0 amide bonds. The lowest BCUT2D eigenvalue weighted by molar-refractivity contribution is -0.870. The van der Waals surface area contributed by atoms with Gasteiger partial charge >= 0.3 is 5.97 Å². The highest BCUT2D eigenvalue weighted by Gasteiger charge is 2.17. The molecule has 0 aromatic heterocycles. The molecule has 0 radical (unpaired) electrons. The third kappa shape index (κ3) is 33.1. The summed E-state index contributed by atoms with van der Waals surface area (Å²) in [5.74, 6) is -1.88. The SMILES string of the molecule is CC/C=C\C/C=C\C/C=C\C/C=C\CCCCCCCCCCCCCCC(=O)OCC(O)COC(OCC[N+](C)(C)C)C(=O)[O-]. The smallest absolute Gasteiger partial charge is 0.305 e. The van der Waals surface area contributed by atoms with Gasteiger partial charge in [0.05, 0.1) is 40.3 Å². The number of carbonyl (C=O) groups excluding carboxylic acids is 2. The summed E-state index contributed by atoms with van der Waals surface area (Å²) in [4.78, 5) is 23.1. The predicted octanol–water partition coefficient (Wildman–Crippen LogP) is 6.97. The number of hydrogen-bond acceptors (Lipinski definition) is 7. The van der Waals surface area contributed by atoms with Crippen LogP contribution in [0, 0.1) is 0 Å². The fourth-order valence-electron chi connectivity index (χ4n) is 4.52. The standard InChI is InChI=1S/C38H67NO7/c1-5-6-7-8-9-10-11-12-13-14-15-16-17-18-19-20-21-22-23-24-25-26-27-28-29-30-36(41)45-33-35(40)34-46-38(37(42)43)44-32-31-39(2,3)4/h6-7,9-10,12-13,15-16,35,38,40H,5,8,11,14,17-34H2,1-4H3/b7-6-,10-9-,13-12-,16-15-. The minimum absolute atomic E-state index is 0.168. The molecule has 0 aliphatic heterocycles. The molecule has 2 atom stereocenters. The van der Waals surface area contributed by atoms with Crippen molar-refractivity contribution in [3.05, 3.63) is 48.6 Å². The Bertz CT molecular complexity index is 844. The second-order valence-corrected chi connectivity index (χ2v) is 13.0. The van der Waals surface area contributed by atoms with Crippen LogP contribution in [0.5, 0.6) is 0 Å². The highest BCUT2D eigenvalue weighted by Crippen LogP contribution is 2.13. The van der Waals surface area contributed by atoms with E-state index in [1.807, 2.05) is 21.1 Å². The van der Waals surface area contributed by atoms with Crippen molar-refractivity contribution < 1.29 is 38.5 Å². The van der Waals surface area contributed by atoms with E-state index >= 15 is 0 Å². The molecule has 266 valence electrons. The lowest BCUT2D eigenvalue weighted by Gasteiger charge is -2.26. The van der Waals surface area contributed by atoms with Crippen molar-refractivity contribution in [3.63, 3.8) is 0 Å². The van der Waals surface area contributed by atoms with Gasteiger partial charge in [0.25, 0.3) is 0 Å². The van der Waals surface area contributed by atoms with E-state index in [9.17, 15) is 19.8 Å². The van der Waals surface area contributed by atoms with Crippen LogP contribution in [0.15, 0.2) is 48.6 Å². The van der Waals surface area contributed by atoms with Crippen LogP contribution in [0.2, 0.25) is 0 Å². The first kappa shape index (κ1) is 43.7. The number of hydrogen-bond donors (Lipinski definition) is 1. The van der Waals surface area contributed by atoms with Crippen molar-refractivity contribution in [1.29, 1.82) is 0 Å². The number of carbonyl (C=O) groups is 2. The summed E-state index contributed by atoms with van der Waals surface area (Å²) >= 11 is 0. The van der Waals surface area contributed by atoms with E-state index in [4.69, 9.17) is 14.2 Å². The monoisotopic (exact) mass is 649 g/mol. The van der Waals surface area contributed by atoms with Crippen molar-refractivity contribution in [2.24, 2.45) is 0 Å². The van der Waals surface area contributed by atoms with Crippen molar-refractivity contribution in [2.45, 2.75) is 135 Å². The average Bonchev–Trinajstić information content (AvgIpc) is 3.00. The van der Waals surface area contributed by atoms with Crippen LogP contribution in [-0.2, 0) is 23.8 Å². The van der Waals surface area contributed by atoms with Crippen LogP contribution in [0.1, 0.15) is 122 Å². The zero-order chi connectivity index (χ0) is 34.1. The van der Waals surface area contributed by atoms with Crippen LogP contribution >= 0.6 is 0 Å². The van der Waals surface area contributed by atoms with Crippen molar-refractivity contribution in [3.8, 4) is 0 Å². The van der Waals surface area contributed by atoms with Crippen LogP contribution < -0.4 is 5.11 Å². The van der Waals surface area contributed by atoms with E-state index in [-0.39, 0.29) is 25.8 Å². The summed E-state index contributed by atoms with van der Waals surface area (Å²) in [5.41, 5.74) is 0. The third-order valence-electron chi connectivity index (χ3n) is 7.32. The van der Waals surface area contributed by atoms with Crippen LogP contribution in [0.3, 0.4) is 0 Å². The van der Waals surface area contributed by atoms with E-state index in [2.05, 4.69) is 55.5 Å². The molecule has 46 heavy (non-hydrogen) atoms. The van der Waals surface area contributed by atoms with Gasteiger partial charge in [-0.1, -0.05) is 120 Å². The Morgan fingerprint density at radius 1 is 0.674 bits per heavy atom. The van der Waals surface area contributed by atoms with Gasteiger partial charge < -0.3 is 33.7 Å². The van der Waals surface area contributed by atoms with E-state index in [1.54, 1.807) is 0 Å². The Morgan fingerprint density at radius 2 is 1.15 bits per heavy atom. The van der Waals surface area contributed by atoms with E-state index in [0.717, 1.165) is 44.9 Å². The number of rotatable bonds is 32. The van der Waals surface area contributed by atoms with Crippen molar-refractivity contribution in [1.82, 2.24) is 0 Å². The fourth-order valence-corrected chi connectivity index (χ4v) is 4.52. The van der Waals surface area contributed by atoms with Crippen molar-refractivity contribution in [2.75, 3.05) is 47.5 Å². The Kier molecular flexibility index (Phi) is 29.8. The number of unbranched alkanes of at least 4 members (excludes halogenated alkanes) is 12. The molecule has 0 spiro atoms. The van der Waals surface area contributed by atoms with E-state index < -0.39 is 18.4 Å². The number of ether oxygens (including phenoxy) is 3. The van der Waals surface area contributed by atoms with Gasteiger partial charge in [0.2, 0.25) is 0 Å². The largest absolute Gasteiger partial charge is 0.545 e. The zero-order valence-corrected chi connectivity index (χ0v) is 29.7. The zero-order valence-electron chi connectivity index (χ0n) is 29.7. The summed E-state index contributed by atoms with van der Waals surface area (Å²) in [6.45, 7) is 2.33. The maximum Gasteiger partial charge on any atom is 0.305 e. The highest BCUT2D eigenvalue weighted by atomic mass is 16.7. The molecule has 0 rings (SSSR count). The van der Waals surface area contributed by atoms with Gasteiger partial charge in [0, 0.05) is 6.42 Å². The summed E-state index contributed by atoms with van der Waals surface area (Å²) < 4.78 is 16.0. The quantitative estimate of drug-likeness (QED) is 0.0276. The van der Waals surface area contributed by atoms with Crippen molar-refractivity contribution >= 4 is 11.9 Å². The second-order valence-electron chi connectivity index (χ2n) is 13.0. The van der Waals surface area contributed by atoms with Gasteiger partial charge in [-0.15, -0.1) is 0 Å². The molecule has 0 saturated heterocycles. The first-order valence-electron chi connectivity index (χ1n) is 17.8. The second kappa shape index (κ2) is 31.3. The molecular weight excluding hydrogens is 582 g/mol. The van der Waals surface area contributed by atoms with Crippen LogP contribution in [-0.4, -0.2) is 81.4 Å². The number of aliphatic hydroxyl groups is 1. The van der Waals surface area contributed by atoms with Gasteiger partial charge in [-0.2, -0.15) is 0 Å². The van der Waals surface area contributed by atoms with Crippen LogP contribution in [0.25, 0.3) is 0 Å². The Labute approximate surface area is 281 Å². The number of aliphatic hydroxyl groups excluding tert-OH is 1. The lowest BCUT2D eigenvalue weighted by atomic mass is 10.0. The normalized spacial score (nSPS) is 13.8. The average molecular weight is 650 g/mol. The third-order valence-corrected chi connectivity index (χ3v) is 7.32. The first-order valence-corrected chi connectivity index (χ1v) is 17.8. The molecule has 0 fully saturated rings. The fraction of sp³-hybridized carbons (Fsp3) is 0.737.